The molecule has 1 unspecified atom stereocenters. The van der Waals surface area contributed by atoms with Crippen molar-refractivity contribution in [3.63, 3.8) is 0 Å². The maximum absolute atomic E-state index is 13.1. The van der Waals surface area contributed by atoms with E-state index in [9.17, 15) is 14.4 Å². The molecule has 3 aromatic rings. The summed E-state index contributed by atoms with van der Waals surface area (Å²) in [6, 6.07) is 23.8. The molecule has 1 aliphatic rings. The Kier molecular flexibility index (Phi) is 9.95. The third-order valence-electron chi connectivity index (χ3n) is 7.16. The Hall–Kier alpha value is -4.13. The molecule has 0 saturated carbocycles. The Bertz CT molecular complexity index is 1320. The first kappa shape index (κ1) is 28.9. The standard InChI is InChI=1S/C33H39N3O4/c1-4-40-32(38)15-9-10-20-34-29-13-7-5-12-28(29)24-16-18-26(19-17-24)35-33(39)25-21-31(37)36(22-25)30-14-8-6-11-27(30)23(2)3/h5-8,11-14,16-19,23,25,34H,4,9-10,15,20-22H2,1-3H3,(H,35,39). The van der Waals surface area contributed by atoms with Crippen LogP contribution in [0.1, 0.15) is 57.9 Å². The third kappa shape index (κ3) is 7.29. The van der Waals surface area contributed by atoms with Gasteiger partial charge in [0.05, 0.1) is 12.5 Å². The molecule has 7 heteroatoms. The van der Waals surface area contributed by atoms with Gasteiger partial charge in [0.15, 0.2) is 0 Å². The number of nitrogens with zero attached hydrogens (tertiary/aromatic N) is 1. The summed E-state index contributed by atoms with van der Waals surface area (Å²) in [5.74, 6) is -0.430. The average molecular weight is 542 g/mol. The van der Waals surface area contributed by atoms with E-state index in [0.29, 0.717) is 25.3 Å². The van der Waals surface area contributed by atoms with E-state index in [1.54, 1.807) is 4.90 Å². The highest BCUT2D eigenvalue weighted by Crippen LogP contribution is 2.33. The number of nitrogens with one attached hydrogen (secondary N) is 2. The number of para-hydroxylation sites is 2. The number of hydrogen-bond acceptors (Lipinski definition) is 5. The minimum absolute atomic E-state index is 0.0198. The van der Waals surface area contributed by atoms with Crippen molar-refractivity contribution in [3.8, 4) is 11.1 Å². The van der Waals surface area contributed by atoms with Crippen molar-refractivity contribution in [2.75, 3.05) is 35.2 Å². The Morgan fingerprint density at radius 1 is 0.975 bits per heavy atom. The maximum atomic E-state index is 13.1. The molecule has 2 amide bonds. The fraction of sp³-hybridized carbons (Fsp3) is 0.364. The topological polar surface area (TPSA) is 87.7 Å². The minimum Gasteiger partial charge on any atom is -0.466 e. The summed E-state index contributed by atoms with van der Waals surface area (Å²) >= 11 is 0. The van der Waals surface area contributed by atoms with Gasteiger partial charge in [-0.2, -0.15) is 0 Å². The Balaban J connectivity index is 1.34. The Morgan fingerprint density at radius 3 is 2.45 bits per heavy atom. The number of amides is 2. The van der Waals surface area contributed by atoms with Crippen LogP contribution in [-0.4, -0.2) is 37.5 Å². The SMILES string of the molecule is CCOC(=O)CCCCNc1ccccc1-c1ccc(NC(=O)C2CC(=O)N(c3ccccc3C(C)C)C2)cc1. The molecule has 1 aliphatic heterocycles. The molecule has 3 aromatic carbocycles. The molecule has 2 N–H and O–H groups in total. The lowest BCUT2D eigenvalue weighted by Crippen LogP contribution is -2.28. The molecule has 7 nitrogen and oxygen atoms in total. The van der Waals surface area contributed by atoms with Gasteiger partial charge in [-0.1, -0.05) is 62.4 Å². The third-order valence-corrected chi connectivity index (χ3v) is 7.16. The summed E-state index contributed by atoms with van der Waals surface area (Å²) in [5.41, 5.74) is 5.81. The zero-order valence-corrected chi connectivity index (χ0v) is 23.6. The van der Waals surface area contributed by atoms with Crippen LogP contribution in [0.2, 0.25) is 0 Å². The molecular formula is C33H39N3O4. The number of unbranched alkanes of at least 4 members (excludes halogenated alkanes) is 1. The minimum atomic E-state index is -0.402. The maximum Gasteiger partial charge on any atom is 0.305 e. The number of anilines is 3. The highest BCUT2D eigenvalue weighted by atomic mass is 16.5. The molecule has 0 spiro atoms. The molecule has 1 saturated heterocycles. The van der Waals surface area contributed by atoms with Gasteiger partial charge in [-0.15, -0.1) is 0 Å². The number of ether oxygens (including phenoxy) is 1. The summed E-state index contributed by atoms with van der Waals surface area (Å²) in [4.78, 5) is 39.2. The van der Waals surface area contributed by atoms with Gasteiger partial charge in [-0.05, 0) is 61.1 Å². The summed E-state index contributed by atoms with van der Waals surface area (Å²) < 4.78 is 4.98. The second-order valence-corrected chi connectivity index (χ2v) is 10.4. The smallest absolute Gasteiger partial charge is 0.305 e. The van der Waals surface area contributed by atoms with E-state index >= 15 is 0 Å². The summed E-state index contributed by atoms with van der Waals surface area (Å²) in [5, 5.41) is 6.48. The average Bonchev–Trinajstić information content (AvgIpc) is 3.35. The van der Waals surface area contributed by atoms with E-state index in [1.165, 1.54) is 0 Å². The lowest BCUT2D eigenvalue weighted by atomic mass is 10.0. The van der Waals surface area contributed by atoms with Crippen LogP contribution < -0.4 is 15.5 Å². The second-order valence-electron chi connectivity index (χ2n) is 10.4. The fourth-order valence-corrected chi connectivity index (χ4v) is 5.05. The van der Waals surface area contributed by atoms with Crippen LogP contribution in [0.15, 0.2) is 72.8 Å². The molecule has 0 aromatic heterocycles. The first-order valence-electron chi connectivity index (χ1n) is 14.2. The van der Waals surface area contributed by atoms with Crippen LogP contribution in [-0.2, 0) is 19.1 Å². The van der Waals surface area contributed by atoms with E-state index in [2.05, 4.69) is 30.5 Å². The van der Waals surface area contributed by atoms with Gasteiger partial charge in [-0.3, -0.25) is 14.4 Å². The predicted molar refractivity (Wildman–Crippen MR) is 160 cm³/mol. The molecule has 0 bridgehead atoms. The molecule has 0 radical (unpaired) electrons. The van der Waals surface area contributed by atoms with Crippen LogP contribution in [0.25, 0.3) is 11.1 Å². The molecule has 210 valence electrons. The van der Waals surface area contributed by atoms with Crippen LogP contribution in [0, 0.1) is 5.92 Å². The largest absolute Gasteiger partial charge is 0.466 e. The van der Waals surface area contributed by atoms with Crippen molar-refractivity contribution in [2.45, 2.75) is 52.4 Å². The molecule has 4 rings (SSSR count). The molecular weight excluding hydrogens is 502 g/mol. The lowest BCUT2D eigenvalue weighted by Gasteiger charge is -2.22. The van der Waals surface area contributed by atoms with E-state index < -0.39 is 5.92 Å². The number of benzene rings is 3. The van der Waals surface area contributed by atoms with Crippen molar-refractivity contribution in [1.82, 2.24) is 0 Å². The van der Waals surface area contributed by atoms with Gasteiger partial charge in [0.1, 0.15) is 0 Å². The molecule has 1 atom stereocenters. The quantitative estimate of drug-likeness (QED) is 0.199. The summed E-state index contributed by atoms with van der Waals surface area (Å²) in [7, 11) is 0. The number of esters is 1. The molecule has 40 heavy (non-hydrogen) atoms. The highest BCUT2D eigenvalue weighted by molar-refractivity contribution is 6.04. The van der Waals surface area contributed by atoms with Crippen molar-refractivity contribution < 1.29 is 19.1 Å². The van der Waals surface area contributed by atoms with Crippen LogP contribution in [0.4, 0.5) is 17.1 Å². The van der Waals surface area contributed by atoms with Crippen molar-refractivity contribution in [3.05, 3.63) is 78.4 Å². The van der Waals surface area contributed by atoms with E-state index in [0.717, 1.165) is 47.5 Å². The van der Waals surface area contributed by atoms with Crippen molar-refractivity contribution in [1.29, 1.82) is 0 Å². The van der Waals surface area contributed by atoms with Gasteiger partial charge in [0.2, 0.25) is 11.8 Å². The monoisotopic (exact) mass is 541 g/mol. The van der Waals surface area contributed by atoms with Gasteiger partial charge < -0.3 is 20.3 Å². The van der Waals surface area contributed by atoms with E-state index in [-0.39, 0.29) is 30.1 Å². The van der Waals surface area contributed by atoms with E-state index in [1.807, 2.05) is 73.7 Å². The van der Waals surface area contributed by atoms with Crippen LogP contribution in [0.5, 0.6) is 0 Å². The molecule has 1 fully saturated rings. The van der Waals surface area contributed by atoms with Crippen molar-refractivity contribution in [2.24, 2.45) is 5.92 Å². The molecule has 0 aliphatic carbocycles. The first-order chi connectivity index (χ1) is 19.4. The number of carbonyl (C=O) groups excluding carboxylic acids is 3. The Morgan fingerprint density at radius 2 is 1.70 bits per heavy atom. The van der Waals surface area contributed by atoms with Gasteiger partial charge in [0.25, 0.3) is 0 Å². The Labute approximate surface area is 236 Å². The summed E-state index contributed by atoms with van der Waals surface area (Å²) in [6.07, 6.45) is 2.27. The lowest BCUT2D eigenvalue weighted by molar-refractivity contribution is -0.143. The first-order valence-corrected chi connectivity index (χ1v) is 14.2. The second kappa shape index (κ2) is 13.8. The number of carbonyl (C=O) groups is 3. The normalized spacial score (nSPS) is 14.8. The molecule has 1 heterocycles. The number of rotatable bonds is 12. The van der Waals surface area contributed by atoms with Crippen LogP contribution >= 0.6 is 0 Å². The fourth-order valence-electron chi connectivity index (χ4n) is 5.05. The predicted octanol–water partition coefficient (Wildman–Crippen LogP) is 6.61. The van der Waals surface area contributed by atoms with Crippen LogP contribution in [0.3, 0.4) is 0 Å². The highest BCUT2D eigenvalue weighted by Gasteiger charge is 2.36. The van der Waals surface area contributed by atoms with Gasteiger partial charge in [-0.25, -0.2) is 0 Å². The van der Waals surface area contributed by atoms with Gasteiger partial charge >= 0.3 is 5.97 Å². The summed E-state index contributed by atoms with van der Waals surface area (Å²) in [6.45, 7) is 7.58. The zero-order valence-electron chi connectivity index (χ0n) is 23.6. The zero-order chi connectivity index (χ0) is 28.5. The van der Waals surface area contributed by atoms with Crippen molar-refractivity contribution >= 4 is 34.8 Å². The number of hydrogen-bond donors (Lipinski definition) is 2. The van der Waals surface area contributed by atoms with E-state index in [4.69, 9.17) is 4.74 Å². The van der Waals surface area contributed by atoms with Gasteiger partial charge in [0, 0.05) is 48.6 Å².